The summed E-state index contributed by atoms with van der Waals surface area (Å²) in [5.74, 6) is -11.6. The van der Waals surface area contributed by atoms with Gasteiger partial charge in [0, 0.05) is 0 Å². The first kappa shape index (κ1) is 35.2. The van der Waals surface area contributed by atoms with Crippen LogP contribution in [-0.4, -0.2) is 77.7 Å². The van der Waals surface area contributed by atoms with E-state index in [0.717, 1.165) is 0 Å². The van der Waals surface area contributed by atoms with Crippen molar-refractivity contribution in [1.29, 1.82) is 0 Å². The molecule has 0 saturated heterocycles. The number of carbonyl (C=O) groups excluding carboxylic acids is 1. The Kier molecular flexibility index (Phi) is 18.5. The maximum absolute atomic E-state index is 11.7. The number of hydrogen-bond donors (Lipinski definition) is 6. The number of carboxylic acid groups (broad SMARTS) is 5. The normalized spacial score (nSPS) is 11.9. The number of hydrogen-bond acceptors (Lipinski definition) is 8. The molecule has 6 N–H and O–H groups in total. The molecule has 0 heterocycles. The van der Waals surface area contributed by atoms with E-state index in [9.17, 15) is 33.9 Å². The molecule has 16 heteroatoms. The second kappa shape index (κ2) is 14.7. The molecule has 0 saturated carbocycles. The van der Waals surface area contributed by atoms with Gasteiger partial charge in [0.15, 0.2) is 5.60 Å². The van der Waals surface area contributed by atoms with Gasteiger partial charge in [-0.15, -0.1) is 0 Å². The molecule has 0 bridgehead atoms. The van der Waals surface area contributed by atoms with Crippen molar-refractivity contribution >= 4 is 35.8 Å². The molecule has 0 rings (SSSR count). The standard InChI is InChI=1S/C12H14O13.3Na.3H/c13-5(14)1-11(24,9(20)21)4-8(19)25-12(10(22)23,2-6(15)16)3-7(17)18;;;;;;/h24H,1-4H2,(H,13,14)(H,15,16)(H,17,18)(H,20,21)(H,22,23);;;;;;/q;3*+1;3*-1. The zero-order chi connectivity index (χ0) is 20.0. The number of rotatable bonds is 11. The molecule has 146 valence electrons. The fourth-order valence-electron chi connectivity index (χ4n) is 1.77. The predicted octanol–water partition coefficient (Wildman–Crippen LogP) is -10.7. The topological polar surface area (TPSA) is 233 Å². The smallest absolute Gasteiger partial charge is 1.00 e. The number of aliphatic hydroxyl groups is 1. The molecule has 0 radical (unpaired) electrons. The van der Waals surface area contributed by atoms with Crippen molar-refractivity contribution in [2.45, 2.75) is 36.9 Å². The SMILES string of the molecule is O=C(O)CC(O)(CC(=O)OC(CC(=O)O)(CC(=O)O)C(=O)O)C(=O)O.[H-].[H-].[H-].[Na+].[Na+].[Na+]. The first-order valence-corrected chi connectivity index (χ1v) is 6.30. The fourth-order valence-corrected chi connectivity index (χ4v) is 1.77. The van der Waals surface area contributed by atoms with E-state index in [4.69, 9.17) is 25.5 Å². The van der Waals surface area contributed by atoms with Crippen molar-refractivity contribution in [2.75, 3.05) is 0 Å². The van der Waals surface area contributed by atoms with Crippen LogP contribution in [0, 0.1) is 0 Å². The van der Waals surface area contributed by atoms with Crippen LogP contribution in [0.25, 0.3) is 0 Å². The van der Waals surface area contributed by atoms with Gasteiger partial charge in [-0.3, -0.25) is 19.2 Å². The Morgan fingerprint density at radius 2 is 1.00 bits per heavy atom. The first-order valence-electron chi connectivity index (χ1n) is 6.30. The largest absolute Gasteiger partial charge is 1.00 e. The molecule has 13 nitrogen and oxygen atoms in total. The van der Waals surface area contributed by atoms with E-state index < -0.39 is 72.7 Å². The summed E-state index contributed by atoms with van der Waals surface area (Å²) in [6.45, 7) is 0. The Balaban J connectivity index is -0.000000192. The summed E-state index contributed by atoms with van der Waals surface area (Å²) < 4.78 is 4.33. The van der Waals surface area contributed by atoms with E-state index in [1.54, 1.807) is 0 Å². The van der Waals surface area contributed by atoms with E-state index in [1.807, 2.05) is 0 Å². The van der Waals surface area contributed by atoms with Crippen LogP contribution in [0.5, 0.6) is 0 Å². The summed E-state index contributed by atoms with van der Waals surface area (Å²) in [7, 11) is 0. The quantitative estimate of drug-likeness (QED) is 0.130. The molecule has 0 aromatic carbocycles. The van der Waals surface area contributed by atoms with Gasteiger partial charge in [-0.05, 0) is 0 Å². The van der Waals surface area contributed by atoms with Crippen LogP contribution in [0.3, 0.4) is 0 Å². The van der Waals surface area contributed by atoms with Crippen molar-refractivity contribution in [2.24, 2.45) is 0 Å². The van der Waals surface area contributed by atoms with Gasteiger partial charge in [-0.1, -0.05) is 0 Å². The van der Waals surface area contributed by atoms with E-state index in [-0.39, 0.29) is 93.0 Å². The minimum absolute atomic E-state index is 0. The molecule has 1 atom stereocenters. The van der Waals surface area contributed by atoms with Crippen molar-refractivity contribution in [3.05, 3.63) is 0 Å². The van der Waals surface area contributed by atoms with Gasteiger partial charge >= 0.3 is 124 Å². The van der Waals surface area contributed by atoms with Gasteiger partial charge in [-0.2, -0.15) is 0 Å². The van der Waals surface area contributed by atoms with Crippen LogP contribution in [0.2, 0.25) is 0 Å². The molecule has 0 amide bonds. The summed E-state index contributed by atoms with van der Waals surface area (Å²) in [6.07, 6.45) is -5.94. The van der Waals surface area contributed by atoms with Gasteiger partial charge in [0.05, 0.1) is 25.7 Å². The minimum atomic E-state index is -3.17. The summed E-state index contributed by atoms with van der Waals surface area (Å²) in [4.78, 5) is 66.0. The van der Waals surface area contributed by atoms with Crippen molar-refractivity contribution in [1.82, 2.24) is 0 Å². The van der Waals surface area contributed by atoms with Crippen LogP contribution >= 0.6 is 0 Å². The molecule has 0 aromatic rings. The average molecular weight is 438 g/mol. The number of carbonyl (C=O) groups is 6. The molecule has 0 aliphatic heterocycles. The van der Waals surface area contributed by atoms with E-state index in [1.165, 1.54) is 0 Å². The third-order valence-electron chi connectivity index (χ3n) is 2.85. The van der Waals surface area contributed by atoms with Crippen molar-refractivity contribution in [3.63, 3.8) is 0 Å². The first-order chi connectivity index (χ1) is 11.2. The van der Waals surface area contributed by atoms with Gasteiger partial charge in [-0.25, -0.2) is 9.59 Å². The molecular weight excluding hydrogens is 421 g/mol. The van der Waals surface area contributed by atoms with Crippen LogP contribution in [0.1, 0.15) is 30.0 Å². The van der Waals surface area contributed by atoms with E-state index in [2.05, 4.69) is 4.74 Å². The van der Waals surface area contributed by atoms with Gasteiger partial charge < -0.3 is 39.7 Å². The monoisotopic (exact) mass is 438 g/mol. The van der Waals surface area contributed by atoms with Crippen LogP contribution < -0.4 is 88.7 Å². The van der Waals surface area contributed by atoms with E-state index in [0.29, 0.717) is 0 Å². The second-order valence-electron chi connectivity index (χ2n) is 5.00. The summed E-state index contributed by atoms with van der Waals surface area (Å²) in [5, 5.41) is 53.5. The molecule has 0 spiro atoms. The third kappa shape index (κ3) is 11.7. The maximum atomic E-state index is 11.7. The van der Waals surface area contributed by atoms with E-state index >= 15 is 0 Å². The maximum Gasteiger partial charge on any atom is 1.00 e. The van der Waals surface area contributed by atoms with Crippen LogP contribution in [0.4, 0.5) is 0 Å². The molecule has 0 fully saturated rings. The minimum Gasteiger partial charge on any atom is -1.00 e. The number of aliphatic carboxylic acids is 5. The zero-order valence-corrected chi connectivity index (χ0v) is 21.4. The number of carboxylic acids is 5. The van der Waals surface area contributed by atoms with Crippen LogP contribution in [-0.2, 0) is 33.5 Å². The molecular formula is C12H17Na3O13. The Morgan fingerprint density at radius 3 is 1.25 bits per heavy atom. The second-order valence-corrected chi connectivity index (χ2v) is 5.00. The Morgan fingerprint density at radius 1 is 0.643 bits per heavy atom. The van der Waals surface area contributed by atoms with Gasteiger partial charge in [0.1, 0.15) is 0 Å². The Labute approximate surface area is 227 Å². The Hall–Kier alpha value is -0.220. The van der Waals surface area contributed by atoms with Crippen molar-refractivity contribution in [3.8, 4) is 0 Å². The number of ether oxygens (including phenoxy) is 1. The summed E-state index contributed by atoms with van der Waals surface area (Å²) >= 11 is 0. The predicted molar refractivity (Wildman–Crippen MR) is 73.8 cm³/mol. The van der Waals surface area contributed by atoms with Gasteiger partial charge in [0.2, 0.25) is 5.60 Å². The van der Waals surface area contributed by atoms with Crippen LogP contribution in [0.15, 0.2) is 0 Å². The molecule has 1 unspecified atom stereocenters. The summed E-state index contributed by atoms with van der Waals surface area (Å²) in [5.41, 5.74) is -6.24. The molecule has 0 aliphatic rings. The zero-order valence-electron chi connectivity index (χ0n) is 18.4. The summed E-state index contributed by atoms with van der Waals surface area (Å²) in [6, 6.07) is 0. The number of esters is 1. The van der Waals surface area contributed by atoms with Gasteiger partial charge in [0.25, 0.3) is 0 Å². The Bertz CT molecular complexity index is 618. The molecule has 0 aromatic heterocycles. The fraction of sp³-hybridized carbons (Fsp3) is 0.500. The third-order valence-corrected chi connectivity index (χ3v) is 2.85. The van der Waals surface area contributed by atoms with Crippen molar-refractivity contribution < 1.29 is 157 Å². The average Bonchev–Trinajstić information content (AvgIpc) is 2.34. The molecule has 28 heavy (non-hydrogen) atoms. The molecule has 0 aliphatic carbocycles.